The number of nitrogens with zero attached hydrogens (tertiary/aromatic N) is 2. The number of carbonyl (C=O) groups is 1. The van der Waals surface area contributed by atoms with Gasteiger partial charge in [0.15, 0.2) is 5.78 Å². The van der Waals surface area contributed by atoms with Crippen LogP contribution in [0.2, 0.25) is 5.02 Å². The maximum absolute atomic E-state index is 11.8. The molecule has 16 heavy (non-hydrogen) atoms. The van der Waals surface area contributed by atoms with E-state index < -0.39 is 0 Å². The van der Waals surface area contributed by atoms with Crippen molar-refractivity contribution < 1.29 is 4.79 Å². The minimum Gasteiger partial charge on any atom is -0.383 e. The Morgan fingerprint density at radius 1 is 1.50 bits per heavy atom. The number of hydrogen-bond donors (Lipinski definition) is 2. The second-order valence-electron chi connectivity index (χ2n) is 3.26. The highest BCUT2D eigenvalue weighted by Crippen LogP contribution is 2.17. The van der Waals surface area contributed by atoms with Crippen molar-refractivity contribution >= 4 is 23.2 Å². The summed E-state index contributed by atoms with van der Waals surface area (Å²) in [6.45, 7) is 0. The molecule has 3 N–H and O–H groups in total. The predicted octanol–water partition coefficient (Wildman–Crippen LogP) is 1.47. The summed E-state index contributed by atoms with van der Waals surface area (Å²) in [5.74, 6) is 0.148. The Bertz CT molecular complexity index is 523. The molecule has 0 aliphatic heterocycles. The standard InChI is InChI=1S/C10H9ClN4O/c11-8-5-13-2-1-6(8)3-9(16)7-4-14-15-10(7)12/h1-2,4-5H,3H2,(H3,12,14,15). The van der Waals surface area contributed by atoms with Crippen LogP contribution in [0.25, 0.3) is 0 Å². The highest BCUT2D eigenvalue weighted by atomic mass is 35.5. The Kier molecular flexibility index (Phi) is 2.87. The summed E-state index contributed by atoms with van der Waals surface area (Å²) in [6, 6.07) is 1.70. The molecule has 0 saturated heterocycles. The van der Waals surface area contributed by atoms with E-state index in [-0.39, 0.29) is 18.0 Å². The molecule has 0 amide bonds. The molecule has 2 aromatic heterocycles. The third-order valence-electron chi connectivity index (χ3n) is 2.18. The Balaban J connectivity index is 2.21. The number of Topliss-reactive ketones (excluding diaryl/α,β-unsaturated/α-hetero) is 1. The van der Waals surface area contributed by atoms with Crippen molar-refractivity contribution in [1.29, 1.82) is 0 Å². The molecule has 0 aromatic carbocycles. The van der Waals surface area contributed by atoms with Gasteiger partial charge in [0.05, 0.1) is 16.8 Å². The monoisotopic (exact) mass is 236 g/mol. The summed E-state index contributed by atoms with van der Waals surface area (Å²) in [6.07, 6.45) is 4.69. The van der Waals surface area contributed by atoms with Gasteiger partial charge in [-0.15, -0.1) is 0 Å². The zero-order valence-electron chi connectivity index (χ0n) is 8.27. The molecular weight excluding hydrogens is 228 g/mol. The number of nitrogens with one attached hydrogen (secondary N) is 1. The Morgan fingerprint density at radius 2 is 2.31 bits per heavy atom. The number of rotatable bonds is 3. The number of ketones is 1. The number of aromatic nitrogens is 3. The molecule has 0 atom stereocenters. The molecule has 0 saturated carbocycles. The van der Waals surface area contributed by atoms with E-state index in [0.717, 1.165) is 5.56 Å². The predicted molar refractivity (Wildman–Crippen MR) is 60.3 cm³/mol. The molecule has 0 spiro atoms. The van der Waals surface area contributed by atoms with E-state index in [1.165, 1.54) is 12.4 Å². The first-order valence-electron chi connectivity index (χ1n) is 4.59. The van der Waals surface area contributed by atoms with Crippen molar-refractivity contribution in [3.63, 3.8) is 0 Å². The van der Waals surface area contributed by atoms with E-state index >= 15 is 0 Å². The molecule has 0 aliphatic carbocycles. The molecule has 0 unspecified atom stereocenters. The molecule has 0 bridgehead atoms. The second-order valence-corrected chi connectivity index (χ2v) is 3.67. The molecule has 2 heterocycles. The van der Waals surface area contributed by atoms with Crippen molar-refractivity contribution in [2.45, 2.75) is 6.42 Å². The fraction of sp³-hybridized carbons (Fsp3) is 0.100. The lowest BCUT2D eigenvalue weighted by molar-refractivity contribution is 0.0994. The van der Waals surface area contributed by atoms with Crippen molar-refractivity contribution in [1.82, 2.24) is 15.2 Å². The molecule has 2 aromatic rings. The molecule has 82 valence electrons. The van der Waals surface area contributed by atoms with E-state index in [1.54, 1.807) is 12.3 Å². The van der Waals surface area contributed by atoms with Crippen LogP contribution >= 0.6 is 11.6 Å². The van der Waals surface area contributed by atoms with Crippen LogP contribution in [0.3, 0.4) is 0 Å². The van der Waals surface area contributed by atoms with Gasteiger partial charge in [0, 0.05) is 18.8 Å². The van der Waals surface area contributed by atoms with Gasteiger partial charge in [-0.25, -0.2) is 0 Å². The SMILES string of the molecule is Nc1[nH]ncc1C(=O)Cc1ccncc1Cl. The van der Waals surface area contributed by atoms with E-state index in [4.69, 9.17) is 17.3 Å². The first kappa shape index (κ1) is 10.6. The molecule has 5 nitrogen and oxygen atoms in total. The van der Waals surface area contributed by atoms with Crippen LogP contribution in [0.15, 0.2) is 24.7 Å². The van der Waals surface area contributed by atoms with Crippen molar-refractivity contribution in [3.05, 3.63) is 40.8 Å². The van der Waals surface area contributed by atoms with Crippen molar-refractivity contribution in [2.24, 2.45) is 0 Å². The fourth-order valence-electron chi connectivity index (χ4n) is 1.33. The Labute approximate surface area is 96.6 Å². The number of anilines is 1. The first-order chi connectivity index (χ1) is 7.68. The van der Waals surface area contributed by atoms with Gasteiger partial charge in [-0.1, -0.05) is 11.6 Å². The minimum atomic E-state index is -0.126. The smallest absolute Gasteiger partial charge is 0.172 e. The largest absolute Gasteiger partial charge is 0.383 e. The third kappa shape index (κ3) is 2.04. The van der Waals surface area contributed by atoms with Gasteiger partial charge in [0.25, 0.3) is 0 Å². The van der Waals surface area contributed by atoms with Gasteiger partial charge in [0.2, 0.25) is 0 Å². The number of nitrogens with two attached hydrogens (primary N) is 1. The van der Waals surface area contributed by atoms with Crippen LogP contribution in [-0.2, 0) is 6.42 Å². The van der Waals surface area contributed by atoms with E-state index in [1.807, 2.05) is 0 Å². The van der Waals surface area contributed by atoms with Crippen molar-refractivity contribution in [2.75, 3.05) is 5.73 Å². The van der Waals surface area contributed by atoms with Gasteiger partial charge in [0.1, 0.15) is 5.82 Å². The van der Waals surface area contributed by atoms with Crippen LogP contribution in [0.4, 0.5) is 5.82 Å². The molecule has 6 heteroatoms. The Morgan fingerprint density at radius 3 is 2.94 bits per heavy atom. The average Bonchev–Trinajstić information content (AvgIpc) is 2.68. The van der Waals surface area contributed by atoms with Gasteiger partial charge in [-0.3, -0.25) is 14.9 Å². The normalized spacial score (nSPS) is 10.3. The highest BCUT2D eigenvalue weighted by Gasteiger charge is 2.13. The number of H-pyrrole nitrogens is 1. The molecule has 2 rings (SSSR count). The van der Waals surface area contributed by atoms with E-state index in [9.17, 15) is 4.79 Å². The quantitative estimate of drug-likeness (QED) is 0.791. The van der Waals surface area contributed by atoms with Gasteiger partial charge < -0.3 is 5.73 Å². The van der Waals surface area contributed by atoms with Crippen LogP contribution in [0, 0.1) is 0 Å². The second kappa shape index (κ2) is 4.32. The average molecular weight is 237 g/mol. The van der Waals surface area contributed by atoms with E-state index in [2.05, 4.69) is 15.2 Å². The summed E-state index contributed by atoms with van der Waals surface area (Å²) in [7, 11) is 0. The Hall–Kier alpha value is -1.88. The molecule has 0 aliphatic rings. The van der Waals surface area contributed by atoms with E-state index in [0.29, 0.717) is 10.6 Å². The van der Waals surface area contributed by atoms with Crippen LogP contribution in [0.1, 0.15) is 15.9 Å². The van der Waals surface area contributed by atoms with Gasteiger partial charge in [-0.05, 0) is 11.6 Å². The zero-order valence-corrected chi connectivity index (χ0v) is 9.03. The fourth-order valence-corrected chi connectivity index (χ4v) is 1.52. The summed E-state index contributed by atoms with van der Waals surface area (Å²) in [5.41, 5.74) is 6.66. The molecule has 0 radical (unpaired) electrons. The first-order valence-corrected chi connectivity index (χ1v) is 4.96. The number of carbonyl (C=O) groups excluding carboxylic acids is 1. The number of hydrogen-bond acceptors (Lipinski definition) is 4. The third-order valence-corrected chi connectivity index (χ3v) is 2.52. The molecular formula is C10H9ClN4O. The minimum absolute atomic E-state index is 0.126. The van der Waals surface area contributed by atoms with Crippen molar-refractivity contribution in [3.8, 4) is 0 Å². The summed E-state index contributed by atoms with van der Waals surface area (Å²) < 4.78 is 0. The lowest BCUT2D eigenvalue weighted by Crippen LogP contribution is -2.05. The van der Waals surface area contributed by atoms with Crippen LogP contribution in [0.5, 0.6) is 0 Å². The van der Waals surface area contributed by atoms with Crippen LogP contribution in [-0.4, -0.2) is 21.0 Å². The van der Waals surface area contributed by atoms with Gasteiger partial charge in [-0.2, -0.15) is 5.10 Å². The highest BCUT2D eigenvalue weighted by molar-refractivity contribution is 6.31. The maximum Gasteiger partial charge on any atom is 0.172 e. The summed E-state index contributed by atoms with van der Waals surface area (Å²) in [5, 5.41) is 6.67. The summed E-state index contributed by atoms with van der Waals surface area (Å²) >= 11 is 5.90. The number of nitrogen functional groups attached to an aromatic ring is 1. The lowest BCUT2D eigenvalue weighted by Gasteiger charge is -2.01. The van der Waals surface area contributed by atoms with Gasteiger partial charge >= 0.3 is 0 Å². The summed E-state index contributed by atoms with van der Waals surface area (Å²) in [4.78, 5) is 15.7. The number of aromatic amines is 1. The van der Waals surface area contributed by atoms with Crippen LogP contribution < -0.4 is 5.73 Å². The number of pyridine rings is 1. The molecule has 0 fully saturated rings. The topological polar surface area (TPSA) is 84.7 Å². The zero-order chi connectivity index (χ0) is 11.5. The number of halogens is 1. The maximum atomic E-state index is 11.8. The lowest BCUT2D eigenvalue weighted by atomic mass is 10.1.